The van der Waals surface area contributed by atoms with Crippen molar-refractivity contribution in [1.82, 2.24) is 9.97 Å². The molecule has 90 valence electrons. The molecule has 0 amide bonds. The second-order valence-corrected chi connectivity index (χ2v) is 5.41. The predicted octanol–water partition coefficient (Wildman–Crippen LogP) is 4.74. The summed E-state index contributed by atoms with van der Waals surface area (Å²) in [6, 6.07) is 7.27. The molecule has 18 heavy (non-hydrogen) atoms. The second kappa shape index (κ2) is 4.72. The lowest BCUT2D eigenvalue weighted by Crippen LogP contribution is -1.94. The van der Waals surface area contributed by atoms with Gasteiger partial charge in [0, 0.05) is 15.7 Å². The van der Waals surface area contributed by atoms with Crippen molar-refractivity contribution in [1.29, 1.82) is 0 Å². The Morgan fingerprint density at radius 2 is 1.83 bits per heavy atom. The van der Waals surface area contributed by atoms with Gasteiger partial charge in [-0.05, 0) is 29.6 Å². The van der Waals surface area contributed by atoms with E-state index in [0.717, 1.165) is 21.7 Å². The highest BCUT2D eigenvalue weighted by Gasteiger charge is 2.05. The molecule has 2 aromatic heterocycles. The molecule has 0 unspecified atom stereocenters. The number of halogens is 2. The summed E-state index contributed by atoms with van der Waals surface area (Å²) in [5.41, 5.74) is 0.804. The molecule has 1 aromatic carbocycles. The number of nitrogens with zero attached hydrogens (tertiary/aromatic N) is 2. The molecular formula is C12H7Cl2N3S. The Morgan fingerprint density at radius 1 is 1.06 bits per heavy atom. The number of anilines is 2. The number of benzene rings is 1. The number of hydrogen-bond donors (Lipinski definition) is 1. The molecule has 0 aliphatic heterocycles. The summed E-state index contributed by atoms with van der Waals surface area (Å²) in [7, 11) is 0. The standard InChI is InChI=1S/C12H7Cl2N3S/c13-7-3-8(14)5-9(4-7)17-11-10-1-2-18-12(10)16-6-15-11/h1-6H,(H,15,16,17). The Bertz CT molecular complexity index is 691. The zero-order valence-corrected chi connectivity index (χ0v) is 11.4. The van der Waals surface area contributed by atoms with Crippen LogP contribution in [-0.4, -0.2) is 9.97 Å². The molecule has 0 saturated heterocycles. The highest BCUT2D eigenvalue weighted by molar-refractivity contribution is 7.16. The van der Waals surface area contributed by atoms with Crippen LogP contribution in [0.15, 0.2) is 36.0 Å². The van der Waals surface area contributed by atoms with Gasteiger partial charge in [0.15, 0.2) is 0 Å². The lowest BCUT2D eigenvalue weighted by molar-refractivity contribution is 1.23. The maximum absolute atomic E-state index is 5.96. The van der Waals surface area contributed by atoms with Crippen molar-refractivity contribution in [3.63, 3.8) is 0 Å². The van der Waals surface area contributed by atoms with Crippen LogP contribution in [0, 0.1) is 0 Å². The molecule has 3 aromatic rings. The third-order valence-electron chi connectivity index (χ3n) is 2.39. The Hall–Kier alpha value is -1.36. The fourth-order valence-corrected chi connectivity index (χ4v) is 2.91. The first kappa shape index (κ1) is 11.7. The van der Waals surface area contributed by atoms with Gasteiger partial charge in [-0.3, -0.25) is 0 Å². The molecule has 2 heterocycles. The van der Waals surface area contributed by atoms with E-state index >= 15 is 0 Å². The topological polar surface area (TPSA) is 37.8 Å². The van der Waals surface area contributed by atoms with Gasteiger partial charge in [0.2, 0.25) is 0 Å². The fraction of sp³-hybridized carbons (Fsp3) is 0. The number of aromatic nitrogens is 2. The molecule has 0 spiro atoms. The third kappa shape index (κ3) is 2.27. The third-order valence-corrected chi connectivity index (χ3v) is 3.64. The molecule has 3 rings (SSSR count). The van der Waals surface area contributed by atoms with Crippen LogP contribution >= 0.6 is 34.5 Å². The summed E-state index contributed by atoms with van der Waals surface area (Å²) < 4.78 is 0. The maximum atomic E-state index is 5.96. The van der Waals surface area contributed by atoms with Crippen LogP contribution in [0.5, 0.6) is 0 Å². The van der Waals surface area contributed by atoms with Gasteiger partial charge in [-0.2, -0.15) is 0 Å². The lowest BCUT2D eigenvalue weighted by Gasteiger charge is -2.07. The number of fused-ring (bicyclic) bond motifs is 1. The average Bonchev–Trinajstić information content (AvgIpc) is 2.76. The average molecular weight is 296 g/mol. The molecule has 1 N–H and O–H groups in total. The zero-order chi connectivity index (χ0) is 12.5. The van der Waals surface area contributed by atoms with E-state index in [1.165, 1.54) is 6.33 Å². The van der Waals surface area contributed by atoms with E-state index in [9.17, 15) is 0 Å². The van der Waals surface area contributed by atoms with Gasteiger partial charge in [-0.15, -0.1) is 11.3 Å². The molecule has 6 heteroatoms. The van der Waals surface area contributed by atoms with Crippen LogP contribution in [-0.2, 0) is 0 Å². The fourth-order valence-electron chi connectivity index (χ4n) is 1.65. The second-order valence-electron chi connectivity index (χ2n) is 3.64. The van der Waals surface area contributed by atoms with Crippen molar-refractivity contribution >= 4 is 56.3 Å². The monoisotopic (exact) mass is 295 g/mol. The minimum atomic E-state index is 0.584. The molecule has 0 aliphatic carbocycles. The molecule has 0 bridgehead atoms. The Labute approximate surface area is 117 Å². The van der Waals surface area contributed by atoms with Crippen molar-refractivity contribution < 1.29 is 0 Å². The highest BCUT2D eigenvalue weighted by Crippen LogP contribution is 2.29. The van der Waals surface area contributed by atoms with E-state index < -0.39 is 0 Å². The zero-order valence-electron chi connectivity index (χ0n) is 9.02. The van der Waals surface area contributed by atoms with Gasteiger partial charge in [0.05, 0.1) is 5.39 Å². The van der Waals surface area contributed by atoms with Crippen LogP contribution in [0.2, 0.25) is 10.0 Å². The van der Waals surface area contributed by atoms with E-state index in [0.29, 0.717) is 10.0 Å². The van der Waals surface area contributed by atoms with E-state index in [4.69, 9.17) is 23.2 Å². The maximum Gasteiger partial charge on any atom is 0.142 e. The van der Waals surface area contributed by atoms with E-state index in [1.807, 2.05) is 11.4 Å². The summed E-state index contributed by atoms with van der Waals surface area (Å²) >= 11 is 13.5. The SMILES string of the molecule is Clc1cc(Cl)cc(Nc2ncnc3sccc23)c1. The number of rotatable bonds is 2. The Kier molecular flexibility index (Phi) is 3.07. The first-order chi connectivity index (χ1) is 8.72. The van der Waals surface area contributed by atoms with Gasteiger partial charge in [0.25, 0.3) is 0 Å². The number of hydrogen-bond acceptors (Lipinski definition) is 4. The van der Waals surface area contributed by atoms with E-state index in [2.05, 4.69) is 15.3 Å². The van der Waals surface area contributed by atoms with Gasteiger partial charge >= 0.3 is 0 Å². The highest BCUT2D eigenvalue weighted by atomic mass is 35.5. The normalized spacial score (nSPS) is 10.8. The van der Waals surface area contributed by atoms with Gasteiger partial charge in [-0.25, -0.2) is 9.97 Å². The summed E-state index contributed by atoms with van der Waals surface area (Å²) in [6.45, 7) is 0. The minimum absolute atomic E-state index is 0.584. The predicted molar refractivity (Wildman–Crippen MR) is 77.2 cm³/mol. The lowest BCUT2D eigenvalue weighted by atomic mass is 10.3. The minimum Gasteiger partial charge on any atom is -0.340 e. The van der Waals surface area contributed by atoms with Crippen molar-refractivity contribution in [3.05, 3.63) is 46.0 Å². The van der Waals surface area contributed by atoms with E-state index in [1.54, 1.807) is 29.5 Å². The number of thiophene rings is 1. The summed E-state index contributed by atoms with van der Waals surface area (Å²) in [5.74, 6) is 0.750. The van der Waals surface area contributed by atoms with Gasteiger partial charge < -0.3 is 5.32 Å². The van der Waals surface area contributed by atoms with Crippen molar-refractivity contribution in [2.24, 2.45) is 0 Å². The van der Waals surface area contributed by atoms with E-state index in [-0.39, 0.29) is 0 Å². The molecule has 0 atom stereocenters. The largest absolute Gasteiger partial charge is 0.340 e. The van der Waals surface area contributed by atoms with Gasteiger partial charge in [0.1, 0.15) is 17.0 Å². The molecule has 0 saturated carbocycles. The number of nitrogens with one attached hydrogen (secondary N) is 1. The smallest absolute Gasteiger partial charge is 0.142 e. The Morgan fingerprint density at radius 3 is 2.61 bits per heavy atom. The molecular weight excluding hydrogens is 289 g/mol. The summed E-state index contributed by atoms with van der Waals surface area (Å²) in [4.78, 5) is 9.37. The van der Waals surface area contributed by atoms with Crippen molar-refractivity contribution in [2.45, 2.75) is 0 Å². The summed E-state index contributed by atoms with van der Waals surface area (Å²) in [5, 5.41) is 7.34. The molecule has 0 aliphatic rings. The molecule has 0 radical (unpaired) electrons. The first-order valence-electron chi connectivity index (χ1n) is 5.14. The van der Waals surface area contributed by atoms with Crippen LogP contribution in [0.1, 0.15) is 0 Å². The van der Waals surface area contributed by atoms with Crippen molar-refractivity contribution in [2.75, 3.05) is 5.32 Å². The summed E-state index contributed by atoms with van der Waals surface area (Å²) in [6.07, 6.45) is 1.54. The first-order valence-corrected chi connectivity index (χ1v) is 6.77. The quantitative estimate of drug-likeness (QED) is 0.742. The van der Waals surface area contributed by atoms with Gasteiger partial charge in [-0.1, -0.05) is 23.2 Å². The molecule has 3 nitrogen and oxygen atoms in total. The van der Waals surface area contributed by atoms with Crippen LogP contribution in [0.25, 0.3) is 10.2 Å². The van der Waals surface area contributed by atoms with Crippen LogP contribution < -0.4 is 5.32 Å². The van der Waals surface area contributed by atoms with Crippen LogP contribution in [0.3, 0.4) is 0 Å². The Balaban J connectivity index is 2.03. The molecule has 0 fully saturated rings. The van der Waals surface area contributed by atoms with Crippen LogP contribution in [0.4, 0.5) is 11.5 Å². The van der Waals surface area contributed by atoms with Crippen molar-refractivity contribution in [3.8, 4) is 0 Å².